The van der Waals surface area contributed by atoms with Gasteiger partial charge in [-0.1, -0.05) is 25.4 Å². The van der Waals surface area contributed by atoms with Crippen molar-refractivity contribution in [2.24, 2.45) is 0 Å². The van der Waals surface area contributed by atoms with E-state index in [1.54, 1.807) is 0 Å². The summed E-state index contributed by atoms with van der Waals surface area (Å²) in [7, 11) is 0. The van der Waals surface area contributed by atoms with Crippen LogP contribution in [0.4, 0.5) is 8.78 Å². The van der Waals surface area contributed by atoms with Gasteiger partial charge in [0.15, 0.2) is 6.29 Å². The van der Waals surface area contributed by atoms with Gasteiger partial charge in [0.25, 0.3) is 6.43 Å². The molecule has 0 aromatic carbocycles. The summed E-state index contributed by atoms with van der Waals surface area (Å²) < 4.78 is 26.5. The summed E-state index contributed by atoms with van der Waals surface area (Å²) in [6.07, 6.45) is -1.01. The first-order chi connectivity index (χ1) is 7.56. The van der Waals surface area contributed by atoms with Crippen molar-refractivity contribution in [3.05, 3.63) is 16.4 Å². The van der Waals surface area contributed by atoms with Gasteiger partial charge in [0.2, 0.25) is 0 Å². The van der Waals surface area contributed by atoms with Gasteiger partial charge in [-0.15, -0.1) is 0 Å². The van der Waals surface area contributed by atoms with Crippen LogP contribution in [-0.2, 0) is 0 Å². The van der Waals surface area contributed by atoms with E-state index in [-0.39, 0.29) is 16.8 Å². The minimum Gasteiger partial charge on any atom is -0.298 e. The minimum absolute atomic E-state index is 0.000926. The number of alkyl halides is 2. The molecular formula is C10H13ClF2N2O. The highest BCUT2D eigenvalue weighted by molar-refractivity contribution is 6.32. The van der Waals surface area contributed by atoms with Crippen LogP contribution in [0, 0.1) is 0 Å². The lowest BCUT2D eigenvalue weighted by molar-refractivity contribution is 0.110. The van der Waals surface area contributed by atoms with E-state index >= 15 is 0 Å². The normalized spacial score (nSPS) is 11.4. The predicted molar refractivity (Wildman–Crippen MR) is 57.2 cm³/mol. The van der Waals surface area contributed by atoms with E-state index in [0.29, 0.717) is 6.29 Å². The van der Waals surface area contributed by atoms with E-state index in [0.717, 1.165) is 12.8 Å². The molecule has 1 rings (SSSR count). The van der Waals surface area contributed by atoms with Crippen molar-refractivity contribution < 1.29 is 13.6 Å². The van der Waals surface area contributed by atoms with Crippen molar-refractivity contribution in [1.29, 1.82) is 0 Å². The van der Waals surface area contributed by atoms with Gasteiger partial charge >= 0.3 is 0 Å². The highest BCUT2D eigenvalue weighted by atomic mass is 35.5. The fourth-order valence-corrected chi connectivity index (χ4v) is 1.91. The van der Waals surface area contributed by atoms with E-state index in [1.807, 2.05) is 13.8 Å². The molecule has 1 aromatic heterocycles. The number of aldehydes is 1. The summed E-state index contributed by atoms with van der Waals surface area (Å²) in [4.78, 5) is 10.7. The van der Waals surface area contributed by atoms with Gasteiger partial charge < -0.3 is 0 Å². The van der Waals surface area contributed by atoms with Crippen LogP contribution in [0.2, 0.25) is 5.15 Å². The monoisotopic (exact) mass is 250 g/mol. The first-order valence-corrected chi connectivity index (χ1v) is 5.45. The van der Waals surface area contributed by atoms with E-state index in [9.17, 15) is 13.6 Å². The second-order valence-electron chi connectivity index (χ2n) is 3.42. The number of carbonyl (C=O) groups excluding carboxylic acids is 1. The van der Waals surface area contributed by atoms with Crippen molar-refractivity contribution in [1.82, 2.24) is 9.78 Å². The van der Waals surface area contributed by atoms with Gasteiger partial charge in [0.05, 0.1) is 11.6 Å². The van der Waals surface area contributed by atoms with Crippen molar-refractivity contribution in [2.75, 3.05) is 0 Å². The van der Waals surface area contributed by atoms with Crippen molar-refractivity contribution >= 4 is 17.9 Å². The van der Waals surface area contributed by atoms with E-state index in [2.05, 4.69) is 5.10 Å². The van der Waals surface area contributed by atoms with Crippen LogP contribution in [0.15, 0.2) is 0 Å². The van der Waals surface area contributed by atoms with Gasteiger partial charge in [-0.25, -0.2) is 13.5 Å². The number of carbonyl (C=O) groups is 1. The van der Waals surface area contributed by atoms with Crippen LogP contribution in [0.25, 0.3) is 0 Å². The number of hydrogen-bond donors (Lipinski definition) is 0. The zero-order chi connectivity index (χ0) is 12.3. The lowest BCUT2D eigenvalue weighted by Gasteiger charge is -2.13. The molecule has 90 valence electrons. The number of rotatable bonds is 5. The molecule has 16 heavy (non-hydrogen) atoms. The zero-order valence-electron chi connectivity index (χ0n) is 9.08. The molecule has 0 bridgehead atoms. The van der Waals surface area contributed by atoms with Gasteiger partial charge in [0, 0.05) is 0 Å². The second-order valence-corrected chi connectivity index (χ2v) is 3.78. The van der Waals surface area contributed by atoms with E-state index < -0.39 is 12.1 Å². The lowest BCUT2D eigenvalue weighted by atomic mass is 10.2. The summed E-state index contributed by atoms with van der Waals surface area (Å²) in [6, 6.07) is -0.0568. The van der Waals surface area contributed by atoms with Crippen LogP contribution in [0.5, 0.6) is 0 Å². The standard InChI is InChI=1S/C10H13ClF2N2O/c1-3-6(4-2)15-9(11)7(5-16)8(14-15)10(12)13/h5-6,10H,3-4H2,1-2H3. The van der Waals surface area contributed by atoms with Gasteiger partial charge in [-0.3, -0.25) is 4.79 Å². The first kappa shape index (κ1) is 13.1. The number of aromatic nitrogens is 2. The van der Waals surface area contributed by atoms with Crippen LogP contribution in [0.1, 0.15) is 55.2 Å². The molecule has 0 saturated heterocycles. The largest absolute Gasteiger partial charge is 0.298 e. The molecule has 0 aliphatic rings. The molecule has 0 aliphatic carbocycles. The smallest absolute Gasteiger partial charge is 0.282 e. The Balaban J connectivity index is 3.26. The van der Waals surface area contributed by atoms with Crippen LogP contribution in [0.3, 0.4) is 0 Å². The highest BCUT2D eigenvalue weighted by Gasteiger charge is 2.24. The maximum absolute atomic E-state index is 12.6. The lowest BCUT2D eigenvalue weighted by Crippen LogP contribution is -2.09. The van der Waals surface area contributed by atoms with E-state index in [1.165, 1.54) is 4.68 Å². The van der Waals surface area contributed by atoms with Gasteiger partial charge in [-0.05, 0) is 12.8 Å². The van der Waals surface area contributed by atoms with Crippen LogP contribution < -0.4 is 0 Å². The Morgan fingerprint density at radius 3 is 2.31 bits per heavy atom. The van der Waals surface area contributed by atoms with Crippen molar-refractivity contribution in [2.45, 2.75) is 39.2 Å². The average molecular weight is 251 g/mol. The second kappa shape index (κ2) is 5.39. The average Bonchev–Trinajstić information content (AvgIpc) is 2.58. The summed E-state index contributed by atoms with van der Waals surface area (Å²) >= 11 is 5.86. The van der Waals surface area contributed by atoms with Crippen molar-refractivity contribution in [3.8, 4) is 0 Å². The van der Waals surface area contributed by atoms with Gasteiger partial charge in [-0.2, -0.15) is 5.10 Å². The zero-order valence-corrected chi connectivity index (χ0v) is 9.84. The Bertz CT molecular complexity index is 375. The molecule has 1 heterocycles. The molecule has 1 aromatic rings. The quantitative estimate of drug-likeness (QED) is 0.748. The maximum Gasteiger partial charge on any atom is 0.282 e. The first-order valence-electron chi connectivity index (χ1n) is 5.07. The SMILES string of the molecule is CCC(CC)n1nc(C(F)F)c(C=O)c1Cl. The molecule has 0 aliphatic heterocycles. The molecule has 0 N–H and O–H groups in total. The molecule has 0 saturated carbocycles. The number of nitrogens with zero attached hydrogens (tertiary/aromatic N) is 2. The Kier molecular flexibility index (Phi) is 4.41. The number of hydrogen-bond acceptors (Lipinski definition) is 2. The highest BCUT2D eigenvalue weighted by Crippen LogP contribution is 2.30. The van der Waals surface area contributed by atoms with Crippen LogP contribution in [-0.4, -0.2) is 16.1 Å². The number of halogens is 3. The summed E-state index contributed by atoms with van der Waals surface area (Å²) in [5.41, 5.74) is -0.740. The van der Waals surface area contributed by atoms with Crippen molar-refractivity contribution in [3.63, 3.8) is 0 Å². The molecular weight excluding hydrogens is 238 g/mol. The van der Waals surface area contributed by atoms with Gasteiger partial charge in [0.1, 0.15) is 10.8 Å². The Morgan fingerprint density at radius 1 is 1.44 bits per heavy atom. The third kappa shape index (κ3) is 2.24. The molecule has 0 spiro atoms. The molecule has 0 amide bonds. The summed E-state index contributed by atoms with van der Waals surface area (Å²) in [5, 5.41) is 3.72. The third-order valence-corrected chi connectivity index (χ3v) is 2.90. The minimum atomic E-state index is -2.78. The van der Waals surface area contributed by atoms with Crippen LogP contribution >= 0.6 is 11.6 Å². The molecule has 3 nitrogen and oxygen atoms in total. The molecule has 0 atom stereocenters. The fourth-order valence-electron chi connectivity index (χ4n) is 1.59. The summed E-state index contributed by atoms with van der Waals surface area (Å²) in [6.45, 7) is 3.82. The Labute approximate surface area is 97.4 Å². The molecule has 0 radical (unpaired) electrons. The Hall–Kier alpha value is -0.970. The molecule has 0 fully saturated rings. The molecule has 0 unspecified atom stereocenters. The Morgan fingerprint density at radius 2 is 2.00 bits per heavy atom. The maximum atomic E-state index is 12.6. The fraction of sp³-hybridized carbons (Fsp3) is 0.600. The summed E-state index contributed by atoms with van der Waals surface area (Å²) in [5.74, 6) is 0. The predicted octanol–water partition coefficient (Wildman–Crippen LogP) is 3.65. The molecule has 6 heteroatoms. The third-order valence-electron chi connectivity index (χ3n) is 2.53. The van der Waals surface area contributed by atoms with E-state index in [4.69, 9.17) is 11.6 Å². The topological polar surface area (TPSA) is 34.9 Å².